The van der Waals surface area contributed by atoms with Crippen LogP contribution in [0.2, 0.25) is 0 Å². The SMILES string of the molecule is COc1ccc(C)cc1CN(C)C(=O)c1[nH]c(C)c(C(C)=O)c1C. The molecule has 0 saturated carbocycles. The number of carbonyl (C=O) groups is 2. The fourth-order valence-electron chi connectivity index (χ4n) is 3.04. The van der Waals surface area contributed by atoms with E-state index in [1.165, 1.54) is 6.92 Å². The highest BCUT2D eigenvalue weighted by atomic mass is 16.5. The number of rotatable bonds is 5. The summed E-state index contributed by atoms with van der Waals surface area (Å²) in [4.78, 5) is 29.2. The lowest BCUT2D eigenvalue weighted by Gasteiger charge is -2.19. The van der Waals surface area contributed by atoms with Crippen LogP contribution in [0.1, 0.15) is 50.2 Å². The Morgan fingerprint density at radius 3 is 2.42 bits per heavy atom. The minimum absolute atomic E-state index is 0.0386. The number of amides is 1. The number of carbonyl (C=O) groups excluding carboxylic acids is 2. The van der Waals surface area contributed by atoms with Crippen molar-refractivity contribution in [3.8, 4) is 5.75 Å². The Kier molecular flexibility index (Phi) is 5.12. The first-order valence-electron chi connectivity index (χ1n) is 7.85. The number of hydrogen-bond donors (Lipinski definition) is 1. The summed E-state index contributed by atoms with van der Waals surface area (Å²) in [6.07, 6.45) is 0. The van der Waals surface area contributed by atoms with E-state index in [1.807, 2.05) is 32.0 Å². The molecule has 0 bridgehead atoms. The summed E-state index contributed by atoms with van der Waals surface area (Å²) in [5.41, 5.74) is 4.54. The first kappa shape index (κ1) is 17.8. The maximum Gasteiger partial charge on any atom is 0.270 e. The van der Waals surface area contributed by atoms with Crippen molar-refractivity contribution < 1.29 is 14.3 Å². The van der Waals surface area contributed by atoms with Gasteiger partial charge in [0.1, 0.15) is 11.4 Å². The zero-order chi connectivity index (χ0) is 18.0. The smallest absolute Gasteiger partial charge is 0.270 e. The van der Waals surface area contributed by atoms with Gasteiger partial charge in [-0.3, -0.25) is 9.59 Å². The zero-order valence-electron chi connectivity index (χ0n) is 15.1. The molecule has 0 aliphatic carbocycles. The van der Waals surface area contributed by atoms with Crippen molar-refractivity contribution in [3.63, 3.8) is 0 Å². The van der Waals surface area contributed by atoms with Crippen LogP contribution < -0.4 is 4.74 Å². The molecule has 1 aromatic heterocycles. The molecule has 2 rings (SSSR count). The van der Waals surface area contributed by atoms with Crippen LogP contribution in [-0.4, -0.2) is 35.7 Å². The molecule has 0 aliphatic heterocycles. The number of hydrogen-bond acceptors (Lipinski definition) is 3. The molecule has 0 unspecified atom stereocenters. The van der Waals surface area contributed by atoms with E-state index in [1.54, 1.807) is 26.0 Å². The van der Waals surface area contributed by atoms with E-state index in [-0.39, 0.29) is 11.7 Å². The van der Waals surface area contributed by atoms with E-state index in [0.29, 0.717) is 23.4 Å². The fourth-order valence-corrected chi connectivity index (χ4v) is 3.04. The normalized spacial score (nSPS) is 10.6. The first-order chi connectivity index (χ1) is 11.3. The van der Waals surface area contributed by atoms with Crippen molar-refractivity contribution in [2.45, 2.75) is 34.2 Å². The van der Waals surface area contributed by atoms with Gasteiger partial charge in [-0.2, -0.15) is 0 Å². The number of nitrogens with one attached hydrogen (secondary N) is 1. The van der Waals surface area contributed by atoms with Crippen LogP contribution in [-0.2, 0) is 6.54 Å². The summed E-state index contributed by atoms with van der Waals surface area (Å²) >= 11 is 0. The lowest BCUT2D eigenvalue weighted by atomic mass is 10.1. The monoisotopic (exact) mass is 328 g/mol. The molecule has 24 heavy (non-hydrogen) atoms. The number of aromatic amines is 1. The van der Waals surface area contributed by atoms with Crippen LogP contribution >= 0.6 is 0 Å². The number of H-pyrrole nitrogens is 1. The summed E-state index contributed by atoms with van der Waals surface area (Å²) in [6.45, 7) is 7.55. The number of Topliss-reactive ketones (excluding diaryl/α,β-unsaturated/α-hetero) is 1. The fraction of sp³-hybridized carbons (Fsp3) is 0.368. The van der Waals surface area contributed by atoms with Gasteiger partial charge >= 0.3 is 0 Å². The van der Waals surface area contributed by atoms with Crippen LogP contribution in [0.15, 0.2) is 18.2 Å². The van der Waals surface area contributed by atoms with E-state index in [9.17, 15) is 9.59 Å². The standard InChI is InChI=1S/C19H24N2O3/c1-11-7-8-16(24-6)15(9-11)10-21(5)19(23)18-12(2)17(14(4)22)13(3)20-18/h7-9,20H,10H2,1-6H3. The summed E-state index contributed by atoms with van der Waals surface area (Å²) in [7, 11) is 3.36. The Bertz CT molecular complexity index is 790. The third-order valence-electron chi connectivity index (χ3n) is 4.19. The van der Waals surface area contributed by atoms with Crippen molar-refractivity contribution in [2.75, 3.05) is 14.2 Å². The lowest BCUT2D eigenvalue weighted by molar-refractivity contribution is 0.0778. The van der Waals surface area contributed by atoms with E-state index in [4.69, 9.17) is 4.74 Å². The highest BCUT2D eigenvalue weighted by Gasteiger charge is 2.22. The summed E-state index contributed by atoms with van der Waals surface area (Å²) in [6, 6.07) is 5.89. The van der Waals surface area contributed by atoms with Crippen molar-refractivity contribution in [3.05, 3.63) is 51.8 Å². The predicted octanol–water partition coefficient (Wildman–Crippen LogP) is 3.42. The highest BCUT2D eigenvalue weighted by Crippen LogP contribution is 2.23. The van der Waals surface area contributed by atoms with E-state index in [2.05, 4.69) is 4.98 Å². The second-order valence-corrected chi connectivity index (χ2v) is 6.16. The molecule has 0 aliphatic rings. The average Bonchev–Trinajstić information content (AvgIpc) is 2.81. The molecular weight excluding hydrogens is 304 g/mol. The summed E-state index contributed by atoms with van der Waals surface area (Å²) in [5, 5.41) is 0. The largest absolute Gasteiger partial charge is 0.496 e. The van der Waals surface area contributed by atoms with E-state index in [0.717, 1.165) is 22.6 Å². The second kappa shape index (κ2) is 6.91. The molecule has 0 spiro atoms. The minimum Gasteiger partial charge on any atom is -0.496 e. The van der Waals surface area contributed by atoms with Crippen molar-refractivity contribution >= 4 is 11.7 Å². The van der Waals surface area contributed by atoms with Gasteiger partial charge in [0.2, 0.25) is 0 Å². The number of methoxy groups -OCH3 is 1. The molecule has 0 atom stereocenters. The number of nitrogens with zero attached hydrogens (tertiary/aromatic N) is 1. The van der Waals surface area contributed by atoms with Crippen molar-refractivity contribution in [1.29, 1.82) is 0 Å². The average molecular weight is 328 g/mol. The van der Waals surface area contributed by atoms with Crippen LogP contribution in [0.3, 0.4) is 0 Å². The van der Waals surface area contributed by atoms with Crippen LogP contribution in [0.5, 0.6) is 5.75 Å². The van der Waals surface area contributed by atoms with E-state index < -0.39 is 0 Å². The summed E-state index contributed by atoms with van der Waals surface area (Å²) < 4.78 is 5.37. The summed E-state index contributed by atoms with van der Waals surface area (Å²) in [5.74, 6) is 0.569. The number of aromatic nitrogens is 1. The Labute approximate surface area is 142 Å². The molecule has 0 fully saturated rings. The molecule has 1 amide bonds. The molecule has 0 saturated heterocycles. The zero-order valence-corrected chi connectivity index (χ0v) is 15.1. The van der Waals surface area contributed by atoms with Gasteiger partial charge in [-0.1, -0.05) is 17.7 Å². The van der Waals surface area contributed by atoms with Gasteiger partial charge in [-0.25, -0.2) is 0 Å². The van der Waals surface area contributed by atoms with Gasteiger partial charge in [0.05, 0.1) is 7.11 Å². The van der Waals surface area contributed by atoms with Crippen LogP contribution in [0, 0.1) is 20.8 Å². The predicted molar refractivity (Wildman–Crippen MR) is 93.8 cm³/mol. The topological polar surface area (TPSA) is 62.4 Å². The van der Waals surface area contributed by atoms with Gasteiger partial charge in [0.15, 0.2) is 5.78 Å². The molecular formula is C19H24N2O3. The molecule has 0 radical (unpaired) electrons. The van der Waals surface area contributed by atoms with E-state index >= 15 is 0 Å². The number of ether oxygens (including phenoxy) is 1. The van der Waals surface area contributed by atoms with Gasteiger partial charge in [0.25, 0.3) is 5.91 Å². The third kappa shape index (κ3) is 3.35. The van der Waals surface area contributed by atoms with Gasteiger partial charge in [0, 0.05) is 30.4 Å². The molecule has 5 heteroatoms. The number of ketones is 1. The molecule has 1 N–H and O–H groups in total. The molecule has 2 aromatic rings. The molecule has 128 valence electrons. The lowest BCUT2D eigenvalue weighted by Crippen LogP contribution is -2.27. The molecule has 1 aromatic carbocycles. The number of benzene rings is 1. The van der Waals surface area contributed by atoms with Gasteiger partial charge in [-0.05, 0) is 39.3 Å². The molecule has 1 heterocycles. The van der Waals surface area contributed by atoms with Gasteiger partial charge in [-0.15, -0.1) is 0 Å². The Hall–Kier alpha value is -2.56. The van der Waals surface area contributed by atoms with Crippen molar-refractivity contribution in [1.82, 2.24) is 9.88 Å². The van der Waals surface area contributed by atoms with Crippen molar-refractivity contribution in [2.24, 2.45) is 0 Å². The maximum absolute atomic E-state index is 12.8. The third-order valence-corrected chi connectivity index (χ3v) is 4.19. The van der Waals surface area contributed by atoms with Crippen LogP contribution in [0.4, 0.5) is 0 Å². The quantitative estimate of drug-likeness (QED) is 0.855. The Morgan fingerprint density at radius 1 is 1.21 bits per heavy atom. The molecule has 5 nitrogen and oxygen atoms in total. The number of aryl methyl sites for hydroxylation is 2. The van der Waals surface area contributed by atoms with Gasteiger partial charge < -0.3 is 14.6 Å². The second-order valence-electron chi connectivity index (χ2n) is 6.16. The Morgan fingerprint density at radius 2 is 1.88 bits per heavy atom. The Balaban J connectivity index is 2.30. The minimum atomic E-state index is -0.147. The van der Waals surface area contributed by atoms with Crippen LogP contribution in [0.25, 0.3) is 0 Å². The maximum atomic E-state index is 12.8. The first-order valence-corrected chi connectivity index (χ1v) is 7.85. The highest BCUT2D eigenvalue weighted by molar-refractivity contribution is 6.02.